The summed E-state index contributed by atoms with van der Waals surface area (Å²) in [6, 6.07) is 3.24. The van der Waals surface area contributed by atoms with Gasteiger partial charge in [0.2, 0.25) is 0 Å². The summed E-state index contributed by atoms with van der Waals surface area (Å²) in [5.74, 6) is -0.174. The Hall–Kier alpha value is -1.21. The van der Waals surface area contributed by atoms with Gasteiger partial charge in [0.15, 0.2) is 0 Å². The van der Waals surface area contributed by atoms with E-state index >= 15 is 0 Å². The molecule has 0 bridgehead atoms. The lowest BCUT2D eigenvalue weighted by Crippen LogP contribution is -2.68. The van der Waals surface area contributed by atoms with Crippen molar-refractivity contribution in [2.45, 2.75) is 88.6 Å². The SMILES string of the molecule is C[C@@]12[C@@H](C[C@@H](O)C[C@H]1O)C[C@H](O)[C@@H]1[C@@H]2CC[C@]2(C)[C@@H](c3ccc(=O)oc3)CC[C@]12O. The summed E-state index contributed by atoms with van der Waals surface area (Å²) in [7, 11) is 0. The van der Waals surface area contributed by atoms with Crippen molar-refractivity contribution in [3.8, 4) is 0 Å². The molecule has 0 unspecified atom stereocenters. The van der Waals surface area contributed by atoms with E-state index in [1.807, 2.05) is 0 Å². The van der Waals surface area contributed by atoms with Crippen LogP contribution in [0.2, 0.25) is 0 Å². The van der Waals surface area contributed by atoms with Crippen LogP contribution in [-0.2, 0) is 0 Å². The van der Waals surface area contributed by atoms with Gasteiger partial charge in [-0.3, -0.25) is 0 Å². The number of aliphatic hydroxyl groups excluding tert-OH is 3. The normalized spacial score (nSPS) is 52.9. The first kappa shape index (κ1) is 20.7. The summed E-state index contributed by atoms with van der Waals surface area (Å²) in [6.07, 6.45) is 4.19. The Morgan fingerprint density at radius 3 is 2.50 bits per heavy atom. The molecule has 30 heavy (non-hydrogen) atoms. The molecule has 5 rings (SSSR count). The van der Waals surface area contributed by atoms with E-state index in [1.54, 1.807) is 6.07 Å². The molecule has 0 aliphatic heterocycles. The Labute approximate surface area is 176 Å². The summed E-state index contributed by atoms with van der Waals surface area (Å²) in [5, 5.41) is 44.7. The number of aliphatic hydroxyl groups is 4. The van der Waals surface area contributed by atoms with Gasteiger partial charge in [0, 0.05) is 17.4 Å². The molecule has 0 radical (unpaired) electrons. The minimum absolute atomic E-state index is 0.0132. The highest BCUT2D eigenvalue weighted by atomic mass is 16.4. The standard InChI is InChI=1S/C24H34O6/c1-22-7-5-17-21(18(26)10-14-9-15(25)11-19(27)23(14,17)2)24(22,29)8-6-16(22)13-3-4-20(28)30-12-13/h3-4,12,14-19,21,25-27,29H,5-11H2,1-2H3/t14-,15+,16+,17-,18-,19+,21-,22+,23-,24-/m0/s1. The molecule has 10 atom stereocenters. The average Bonchev–Trinajstić information content (AvgIpc) is 2.96. The fourth-order valence-corrected chi connectivity index (χ4v) is 8.36. The maximum atomic E-state index is 12.2. The maximum Gasteiger partial charge on any atom is 0.335 e. The zero-order chi connectivity index (χ0) is 21.5. The van der Waals surface area contributed by atoms with Gasteiger partial charge in [-0.1, -0.05) is 13.8 Å². The molecule has 6 nitrogen and oxygen atoms in total. The lowest BCUT2D eigenvalue weighted by atomic mass is 9.42. The van der Waals surface area contributed by atoms with Crippen LogP contribution in [0.5, 0.6) is 0 Å². The third-order valence-corrected chi connectivity index (χ3v) is 10.0. The van der Waals surface area contributed by atoms with E-state index in [2.05, 4.69) is 13.8 Å². The molecule has 0 spiro atoms. The Morgan fingerprint density at radius 1 is 1.03 bits per heavy atom. The zero-order valence-electron chi connectivity index (χ0n) is 17.8. The first-order chi connectivity index (χ1) is 14.1. The molecular weight excluding hydrogens is 384 g/mol. The molecule has 166 valence electrons. The molecule has 1 aromatic heterocycles. The fraction of sp³-hybridized carbons (Fsp3) is 0.792. The Bertz CT molecular complexity index is 862. The molecule has 4 aliphatic carbocycles. The molecular formula is C24H34O6. The van der Waals surface area contributed by atoms with Crippen LogP contribution >= 0.6 is 0 Å². The van der Waals surface area contributed by atoms with Crippen LogP contribution in [0.25, 0.3) is 0 Å². The summed E-state index contributed by atoms with van der Waals surface area (Å²) in [6.45, 7) is 4.23. The van der Waals surface area contributed by atoms with E-state index in [9.17, 15) is 25.2 Å². The monoisotopic (exact) mass is 418 g/mol. The number of fused-ring (bicyclic) bond motifs is 5. The van der Waals surface area contributed by atoms with E-state index < -0.39 is 34.7 Å². The van der Waals surface area contributed by atoms with E-state index in [0.29, 0.717) is 25.7 Å². The Morgan fingerprint density at radius 2 is 1.80 bits per heavy atom. The third kappa shape index (κ3) is 2.54. The van der Waals surface area contributed by atoms with Crippen molar-refractivity contribution in [1.29, 1.82) is 0 Å². The van der Waals surface area contributed by atoms with Gasteiger partial charge in [-0.25, -0.2) is 4.79 Å². The van der Waals surface area contributed by atoms with Crippen LogP contribution in [0, 0.1) is 28.6 Å². The molecule has 0 amide bonds. The summed E-state index contributed by atoms with van der Waals surface area (Å²) in [5.41, 5.74) is -1.33. The van der Waals surface area contributed by atoms with Crippen LogP contribution in [-0.4, -0.2) is 44.3 Å². The van der Waals surface area contributed by atoms with Gasteiger partial charge in [0.1, 0.15) is 0 Å². The second kappa shape index (κ2) is 6.64. The summed E-state index contributed by atoms with van der Waals surface area (Å²) in [4.78, 5) is 11.4. The first-order valence-electron chi connectivity index (χ1n) is 11.5. The lowest BCUT2D eigenvalue weighted by molar-refractivity contribution is -0.258. The number of hydrogen-bond acceptors (Lipinski definition) is 6. The van der Waals surface area contributed by atoms with Crippen LogP contribution < -0.4 is 5.63 Å². The third-order valence-electron chi connectivity index (χ3n) is 10.0. The highest BCUT2D eigenvalue weighted by Gasteiger charge is 2.70. The molecule has 4 fully saturated rings. The second-order valence-corrected chi connectivity index (χ2v) is 11.0. The Balaban J connectivity index is 1.54. The van der Waals surface area contributed by atoms with E-state index in [4.69, 9.17) is 4.42 Å². The minimum atomic E-state index is -1.04. The average molecular weight is 419 g/mol. The van der Waals surface area contributed by atoms with Crippen LogP contribution in [0.15, 0.2) is 27.6 Å². The van der Waals surface area contributed by atoms with Crippen molar-refractivity contribution in [3.05, 3.63) is 34.4 Å². The summed E-state index contributed by atoms with van der Waals surface area (Å²) >= 11 is 0. The van der Waals surface area contributed by atoms with E-state index in [-0.39, 0.29) is 29.3 Å². The Kier molecular flexibility index (Phi) is 4.58. The van der Waals surface area contributed by atoms with Gasteiger partial charge in [0.05, 0.1) is 30.2 Å². The van der Waals surface area contributed by atoms with Gasteiger partial charge in [0.25, 0.3) is 0 Å². The van der Waals surface area contributed by atoms with Crippen LogP contribution in [0.3, 0.4) is 0 Å². The molecule has 1 heterocycles. The predicted molar refractivity (Wildman–Crippen MR) is 110 cm³/mol. The van der Waals surface area contributed by atoms with Gasteiger partial charge in [-0.2, -0.15) is 0 Å². The molecule has 1 aromatic rings. The van der Waals surface area contributed by atoms with Crippen molar-refractivity contribution in [1.82, 2.24) is 0 Å². The molecule has 0 aromatic carbocycles. The fourth-order valence-electron chi connectivity index (χ4n) is 8.36. The van der Waals surface area contributed by atoms with Crippen molar-refractivity contribution in [3.63, 3.8) is 0 Å². The second-order valence-electron chi connectivity index (χ2n) is 11.0. The van der Waals surface area contributed by atoms with Crippen molar-refractivity contribution < 1.29 is 24.8 Å². The molecule has 4 N–H and O–H groups in total. The molecule has 4 aliphatic rings. The van der Waals surface area contributed by atoms with Crippen molar-refractivity contribution in [2.75, 3.05) is 0 Å². The smallest absolute Gasteiger partial charge is 0.335 e. The number of hydrogen-bond donors (Lipinski definition) is 4. The maximum absolute atomic E-state index is 12.2. The van der Waals surface area contributed by atoms with Crippen LogP contribution in [0.4, 0.5) is 0 Å². The van der Waals surface area contributed by atoms with Gasteiger partial charge in [-0.05, 0) is 79.7 Å². The predicted octanol–water partition coefficient (Wildman–Crippen LogP) is 2.18. The minimum Gasteiger partial charge on any atom is -0.431 e. The highest BCUT2D eigenvalue weighted by Crippen LogP contribution is 2.70. The number of rotatable bonds is 1. The van der Waals surface area contributed by atoms with Gasteiger partial charge in [-0.15, -0.1) is 0 Å². The van der Waals surface area contributed by atoms with Crippen molar-refractivity contribution >= 4 is 0 Å². The van der Waals surface area contributed by atoms with Crippen LogP contribution in [0.1, 0.15) is 70.3 Å². The van der Waals surface area contributed by atoms with E-state index in [1.165, 1.54) is 12.3 Å². The van der Waals surface area contributed by atoms with Gasteiger partial charge < -0.3 is 24.8 Å². The largest absolute Gasteiger partial charge is 0.431 e. The molecule has 4 saturated carbocycles. The van der Waals surface area contributed by atoms with Gasteiger partial charge >= 0.3 is 5.63 Å². The molecule has 0 saturated heterocycles. The molecule has 6 heteroatoms. The highest BCUT2D eigenvalue weighted by molar-refractivity contribution is 5.28. The first-order valence-corrected chi connectivity index (χ1v) is 11.5. The topological polar surface area (TPSA) is 111 Å². The van der Waals surface area contributed by atoms with Crippen molar-refractivity contribution in [2.24, 2.45) is 28.6 Å². The summed E-state index contributed by atoms with van der Waals surface area (Å²) < 4.78 is 5.12. The van der Waals surface area contributed by atoms with E-state index in [0.717, 1.165) is 24.8 Å². The lowest BCUT2D eigenvalue weighted by Gasteiger charge is -2.65. The zero-order valence-corrected chi connectivity index (χ0v) is 17.8. The quantitative estimate of drug-likeness (QED) is 0.556.